The molecule has 0 aromatic heterocycles. The third-order valence-electron chi connectivity index (χ3n) is 4.56. The van der Waals surface area contributed by atoms with E-state index in [1.165, 1.54) is 31.4 Å². The fourth-order valence-corrected chi connectivity index (χ4v) is 3.04. The highest BCUT2D eigenvalue weighted by Gasteiger charge is 2.03. The maximum atomic E-state index is 5.89. The fourth-order valence-electron chi connectivity index (χ4n) is 3.04. The van der Waals surface area contributed by atoms with E-state index in [4.69, 9.17) is 4.74 Å². The lowest BCUT2D eigenvalue weighted by Gasteiger charge is -2.23. The van der Waals surface area contributed by atoms with Crippen molar-refractivity contribution in [1.29, 1.82) is 0 Å². The van der Waals surface area contributed by atoms with E-state index < -0.39 is 0 Å². The molecule has 3 heteroatoms. The molecule has 2 aromatic rings. The number of benzene rings is 2. The largest absolute Gasteiger partial charge is 0.494 e. The molecule has 0 saturated carbocycles. The predicted octanol–water partition coefficient (Wildman–Crippen LogP) is 5.97. The van der Waals surface area contributed by atoms with Crippen LogP contribution in [0.25, 0.3) is 0 Å². The van der Waals surface area contributed by atoms with Crippen LogP contribution < -0.4 is 15.0 Å². The van der Waals surface area contributed by atoms with Crippen molar-refractivity contribution in [2.45, 2.75) is 46.0 Å². The molecule has 0 bridgehead atoms. The van der Waals surface area contributed by atoms with Crippen LogP contribution >= 0.6 is 0 Å². The third kappa shape index (κ3) is 7.38. The van der Waals surface area contributed by atoms with Crippen LogP contribution in [0.4, 0.5) is 11.4 Å². The van der Waals surface area contributed by atoms with Gasteiger partial charge in [0.2, 0.25) is 0 Å². The molecule has 0 aliphatic rings. The summed E-state index contributed by atoms with van der Waals surface area (Å²) in [5.41, 5.74) is 2.40. The molecular weight excluding hydrogens is 320 g/mol. The van der Waals surface area contributed by atoms with Crippen LogP contribution in [0.5, 0.6) is 5.75 Å². The van der Waals surface area contributed by atoms with E-state index in [0.29, 0.717) is 0 Å². The van der Waals surface area contributed by atoms with Gasteiger partial charge < -0.3 is 15.0 Å². The lowest BCUT2D eigenvalue weighted by molar-refractivity contribution is 0.304. The van der Waals surface area contributed by atoms with E-state index in [1.807, 2.05) is 6.07 Å². The highest BCUT2D eigenvalue weighted by atomic mass is 16.5. The Balaban J connectivity index is 1.72. The van der Waals surface area contributed by atoms with E-state index >= 15 is 0 Å². The summed E-state index contributed by atoms with van der Waals surface area (Å²) in [5, 5.41) is 3.52. The second-order valence-electron chi connectivity index (χ2n) is 6.63. The zero-order valence-corrected chi connectivity index (χ0v) is 16.4. The highest BCUT2D eigenvalue weighted by molar-refractivity contribution is 5.49. The van der Waals surface area contributed by atoms with Crippen molar-refractivity contribution < 1.29 is 4.74 Å². The molecule has 142 valence electrons. The van der Waals surface area contributed by atoms with Crippen LogP contribution in [0.15, 0.2) is 54.6 Å². The van der Waals surface area contributed by atoms with E-state index in [1.54, 1.807) is 0 Å². The summed E-state index contributed by atoms with van der Waals surface area (Å²) in [4.78, 5) is 2.38. The van der Waals surface area contributed by atoms with Crippen LogP contribution in [0.2, 0.25) is 0 Å². The van der Waals surface area contributed by atoms with Gasteiger partial charge in [0.1, 0.15) is 5.75 Å². The summed E-state index contributed by atoms with van der Waals surface area (Å²) in [6.45, 7) is 8.14. The van der Waals surface area contributed by atoms with E-state index in [0.717, 1.165) is 44.1 Å². The first kappa shape index (κ1) is 20.2. The fraction of sp³-hybridized carbons (Fsp3) is 0.478. The average molecular weight is 355 g/mol. The summed E-state index contributed by atoms with van der Waals surface area (Å²) < 4.78 is 5.89. The molecule has 0 aliphatic heterocycles. The van der Waals surface area contributed by atoms with Gasteiger partial charge in [-0.25, -0.2) is 0 Å². The highest BCUT2D eigenvalue weighted by Crippen LogP contribution is 2.18. The van der Waals surface area contributed by atoms with Crippen molar-refractivity contribution in [3.63, 3.8) is 0 Å². The zero-order valence-electron chi connectivity index (χ0n) is 16.4. The minimum atomic E-state index is 0.810. The Morgan fingerprint density at radius 2 is 1.69 bits per heavy atom. The van der Waals surface area contributed by atoms with Crippen molar-refractivity contribution in [3.8, 4) is 5.75 Å². The summed E-state index contributed by atoms with van der Waals surface area (Å²) in [5.74, 6) is 0.959. The minimum absolute atomic E-state index is 0.810. The van der Waals surface area contributed by atoms with E-state index in [2.05, 4.69) is 72.6 Å². The molecule has 0 fully saturated rings. The monoisotopic (exact) mass is 354 g/mol. The summed E-state index contributed by atoms with van der Waals surface area (Å²) >= 11 is 0. The van der Waals surface area contributed by atoms with Crippen LogP contribution in [0, 0.1) is 0 Å². The van der Waals surface area contributed by atoms with Crippen LogP contribution in [-0.2, 0) is 0 Å². The van der Waals surface area contributed by atoms with Gasteiger partial charge in [0, 0.05) is 37.1 Å². The number of ether oxygens (including phenoxy) is 1. The van der Waals surface area contributed by atoms with Gasteiger partial charge in [0.15, 0.2) is 0 Å². The van der Waals surface area contributed by atoms with Crippen LogP contribution in [0.3, 0.4) is 0 Å². The molecule has 0 atom stereocenters. The normalized spacial score (nSPS) is 10.5. The zero-order chi connectivity index (χ0) is 18.5. The maximum absolute atomic E-state index is 5.89. The molecular formula is C23H34N2O. The number of likely N-dealkylation sites (N-methyl/N-ethyl adjacent to an activating group) is 1. The minimum Gasteiger partial charge on any atom is -0.494 e. The second-order valence-corrected chi connectivity index (χ2v) is 6.63. The van der Waals surface area contributed by atoms with Crippen molar-refractivity contribution in [3.05, 3.63) is 54.6 Å². The van der Waals surface area contributed by atoms with Gasteiger partial charge in [-0.05, 0) is 37.6 Å². The summed E-state index contributed by atoms with van der Waals surface area (Å²) in [6, 6.07) is 18.9. The SMILES string of the molecule is CCCCCCCOc1cccc(NCCN(CC)c2ccccc2)c1. The maximum Gasteiger partial charge on any atom is 0.121 e. The van der Waals surface area contributed by atoms with Gasteiger partial charge in [-0.1, -0.05) is 56.9 Å². The third-order valence-corrected chi connectivity index (χ3v) is 4.56. The molecule has 2 rings (SSSR count). The Labute approximate surface area is 159 Å². The molecule has 2 aromatic carbocycles. The van der Waals surface area contributed by atoms with E-state index in [9.17, 15) is 0 Å². The van der Waals surface area contributed by atoms with Crippen LogP contribution in [-0.4, -0.2) is 26.2 Å². The Kier molecular flexibility index (Phi) is 9.48. The molecule has 3 nitrogen and oxygen atoms in total. The topological polar surface area (TPSA) is 24.5 Å². The first-order chi connectivity index (χ1) is 12.8. The molecule has 26 heavy (non-hydrogen) atoms. The van der Waals surface area contributed by atoms with Gasteiger partial charge in [0.05, 0.1) is 6.61 Å². The summed E-state index contributed by atoms with van der Waals surface area (Å²) in [6.07, 6.45) is 6.33. The Morgan fingerprint density at radius 3 is 2.46 bits per heavy atom. The lowest BCUT2D eigenvalue weighted by atomic mass is 10.2. The Bertz CT molecular complexity index is 600. The standard InChI is InChI=1S/C23H34N2O/c1-3-5-6-7-11-19-26-23-16-12-13-21(20-23)24-17-18-25(4-2)22-14-9-8-10-15-22/h8-10,12-16,20,24H,3-7,11,17-19H2,1-2H3. The van der Waals surface area contributed by atoms with E-state index in [-0.39, 0.29) is 0 Å². The number of para-hydroxylation sites is 1. The van der Waals surface area contributed by atoms with Crippen molar-refractivity contribution >= 4 is 11.4 Å². The number of hydrogen-bond acceptors (Lipinski definition) is 3. The average Bonchev–Trinajstić information content (AvgIpc) is 2.69. The molecule has 0 saturated heterocycles. The van der Waals surface area contributed by atoms with Gasteiger partial charge in [-0.15, -0.1) is 0 Å². The molecule has 1 N–H and O–H groups in total. The molecule has 0 heterocycles. The van der Waals surface area contributed by atoms with Gasteiger partial charge in [-0.2, -0.15) is 0 Å². The van der Waals surface area contributed by atoms with Crippen molar-refractivity contribution in [1.82, 2.24) is 0 Å². The number of nitrogens with zero attached hydrogens (tertiary/aromatic N) is 1. The number of hydrogen-bond donors (Lipinski definition) is 1. The molecule has 0 aliphatic carbocycles. The number of unbranched alkanes of at least 4 members (excludes halogenated alkanes) is 4. The Hall–Kier alpha value is -2.16. The molecule has 0 amide bonds. The van der Waals surface area contributed by atoms with Gasteiger partial charge >= 0.3 is 0 Å². The number of rotatable bonds is 13. The van der Waals surface area contributed by atoms with Gasteiger partial charge in [0.25, 0.3) is 0 Å². The number of nitrogens with one attached hydrogen (secondary N) is 1. The number of anilines is 2. The smallest absolute Gasteiger partial charge is 0.121 e. The van der Waals surface area contributed by atoms with Crippen molar-refractivity contribution in [2.75, 3.05) is 36.5 Å². The van der Waals surface area contributed by atoms with Gasteiger partial charge in [-0.3, -0.25) is 0 Å². The Morgan fingerprint density at radius 1 is 0.885 bits per heavy atom. The predicted molar refractivity (Wildman–Crippen MR) is 114 cm³/mol. The molecule has 0 radical (unpaired) electrons. The summed E-state index contributed by atoms with van der Waals surface area (Å²) in [7, 11) is 0. The molecule has 0 spiro atoms. The molecule has 0 unspecified atom stereocenters. The first-order valence-electron chi connectivity index (χ1n) is 10.1. The first-order valence-corrected chi connectivity index (χ1v) is 10.1. The quantitative estimate of drug-likeness (QED) is 0.448. The van der Waals surface area contributed by atoms with Crippen LogP contribution in [0.1, 0.15) is 46.0 Å². The lowest BCUT2D eigenvalue weighted by Crippen LogP contribution is -2.28. The van der Waals surface area contributed by atoms with Crippen molar-refractivity contribution in [2.24, 2.45) is 0 Å². The second kappa shape index (κ2) is 12.2.